The summed E-state index contributed by atoms with van der Waals surface area (Å²) < 4.78 is 9.42. The van der Waals surface area contributed by atoms with Crippen molar-refractivity contribution in [2.24, 2.45) is 5.92 Å². The Bertz CT molecular complexity index is 223. The van der Waals surface area contributed by atoms with Gasteiger partial charge in [0.2, 0.25) is 0 Å². The molecule has 0 saturated carbocycles. The third-order valence-electron chi connectivity index (χ3n) is 2.31. The molecular formula is C13H24O4. The Labute approximate surface area is 104 Å². The summed E-state index contributed by atoms with van der Waals surface area (Å²) >= 11 is 0. The molecule has 0 radical (unpaired) electrons. The van der Waals surface area contributed by atoms with Gasteiger partial charge in [-0.05, 0) is 19.3 Å². The van der Waals surface area contributed by atoms with E-state index in [1.54, 1.807) is 6.92 Å². The SMILES string of the molecule is CCOCC(=O)OC(=O)CCCCCC(C)C. The van der Waals surface area contributed by atoms with E-state index in [9.17, 15) is 9.59 Å². The second-order valence-corrected chi connectivity index (χ2v) is 4.48. The molecule has 17 heavy (non-hydrogen) atoms. The van der Waals surface area contributed by atoms with Gasteiger partial charge in [0.05, 0.1) is 0 Å². The average Bonchev–Trinajstić information content (AvgIpc) is 2.25. The summed E-state index contributed by atoms with van der Waals surface area (Å²) in [6.45, 7) is 6.44. The van der Waals surface area contributed by atoms with Gasteiger partial charge in [-0.15, -0.1) is 0 Å². The summed E-state index contributed by atoms with van der Waals surface area (Å²) in [4.78, 5) is 22.2. The first-order chi connectivity index (χ1) is 8.06. The van der Waals surface area contributed by atoms with Gasteiger partial charge in [-0.1, -0.05) is 33.1 Å². The molecule has 0 saturated heterocycles. The van der Waals surface area contributed by atoms with Gasteiger partial charge in [0.25, 0.3) is 0 Å². The lowest BCUT2D eigenvalue weighted by molar-refractivity contribution is -0.162. The van der Waals surface area contributed by atoms with Crippen LogP contribution in [0.25, 0.3) is 0 Å². The van der Waals surface area contributed by atoms with Gasteiger partial charge in [0.1, 0.15) is 6.61 Å². The minimum Gasteiger partial charge on any atom is -0.391 e. The summed E-state index contributed by atoms with van der Waals surface area (Å²) in [5.41, 5.74) is 0. The lowest BCUT2D eigenvalue weighted by Crippen LogP contribution is -2.17. The first-order valence-corrected chi connectivity index (χ1v) is 6.37. The van der Waals surface area contributed by atoms with Crippen LogP contribution in [0.2, 0.25) is 0 Å². The van der Waals surface area contributed by atoms with Crippen LogP contribution < -0.4 is 0 Å². The van der Waals surface area contributed by atoms with Gasteiger partial charge in [0, 0.05) is 13.0 Å². The van der Waals surface area contributed by atoms with Crippen LogP contribution in [0.5, 0.6) is 0 Å². The van der Waals surface area contributed by atoms with Gasteiger partial charge >= 0.3 is 11.9 Å². The van der Waals surface area contributed by atoms with Gasteiger partial charge in [-0.3, -0.25) is 4.79 Å². The highest BCUT2D eigenvalue weighted by Gasteiger charge is 2.09. The average molecular weight is 244 g/mol. The number of rotatable bonds is 9. The lowest BCUT2D eigenvalue weighted by Gasteiger charge is -2.04. The van der Waals surface area contributed by atoms with Crippen LogP contribution in [0.1, 0.15) is 52.9 Å². The van der Waals surface area contributed by atoms with Crippen LogP contribution in [-0.2, 0) is 19.1 Å². The zero-order chi connectivity index (χ0) is 13.1. The van der Waals surface area contributed by atoms with Crippen molar-refractivity contribution in [3.05, 3.63) is 0 Å². The van der Waals surface area contributed by atoms with Crippen LogP contribution >= 0.6 is 0 Å². The van der Waals surface area contributed by atoms with Crippen molar-refractivity contribution in [3.63, 3.8) is 0 Å². The summed E-state index contributed by atoms with van der Waals surface area (Å²) in [5, 5.41) is 0. The Hall–Kier alpha value is -0.900. The molecule has 0 amide bonds. The molecule has 100 valence electrons. The van der Waals surface area contributed by atoms with Crippen molar-refractivity contribution in [2.45, 2.75) is 52.9 Å². The fourth-order valence-corrected chi connectivity index (χ4v) is 1.39. The lowest BCUT2D eigenvalue weighted by atomic mass is 10.0. The third-order valence-corrected chi connectivity index (χ3v) is 2.31. The van der Waals surface area contributed by atoms with E-state index in [4.69, 9.17) is 4.74 Å². The van der Waals surface area contributed by atoms with Crippen molar-refractivity contribution < 1.29 is 19.1 Å². The van der Waals surface area contributed by atoms with Gasteiger partial charge in [-0.25, -0.2) is 4.79 Å². The van der Waals surface area contributed by atoms with Crippen LogP contribution in [0, 0.1) is 5.92 Å². The maximum absolute atomic E-state index is 11.2. The Morgan fingerprint density at radius 2 is 1.76 bits per heavy atom. The molecule has 0 heterocycles. The topological polar surface area (TPSA) is 52.6 Å². The Morgan fingerprint density at radius 1 is 1.06 bits per heavy atom. The molecule has 4 heteroatoms. The molecule has 0 aliphatic heterocycles. The second-order valence-electron chi connectivity index (χ2n) is 4.48. The minimum atomic E-state index is -0.598. The van der Waals surface area contributed by atoms with E-state index in [1.165, 1.54) is 6.42 Å². The zero-order valence-electron chi connectivity index (χ0n) is 11.2. The molecule has 0 unspecified atom stereocenters. The fourth-order valence-electron chi connectivity index (χ4n) is 1.39. The second kappa shape index (κ2) is 10.3. The number of hydrogen-bond acceptors (Lipinski definition) is 4. The van der Waals surface area contributed by atoms with Crippen LogP contribution in [0.3, 0.4) is 0 Å². The smallest absolute Gasteiger partial charge is 0.339 e. The molecule has 0 aliphatic carbocycles. The van der Waals surface area contributed by atoms with Crippen molar-refractivity contribution in [3.8, 4) is 0 Å². The van der Waals surface area contributed by atoms with Crippen LogP contribution in [-0.4, -0.2) is 25.2 Å². The third kappa shape index (κ3) is 11.4. The van der Waals surface area contributed by atoms with Crippen molar-refractivity contribution >= 4 is 11.9 Å². The van der Waals surface area contributed by atoms with E-state index in [2.05, 4.69) is 18.6 Å². The monoisotopic (exact) mass is 244 g/mol. The zero-order valence-corrected chi connectivity index (χ0v) is 11.2. The summed E-state index contributed by atoms with van der Waals surface area (Å²) in [7, 11) is 0. The van der Waals surface area contributed by atoms with E-state index >= 15 is 0 Å². The quantitative estimate of drug-likeness (QED) is 0.355. The number of carbonyl (C=O) groups is 2. The maximum atomic E-state index is 11.2. The standard InChI is InChI=1S/C13H24O4/c1-4-16-10-13(15)17-12(14)9-7-5-6-8-11(2)3/h11H,4-10H2,1-3H3. The van der Waals surface area contributed by atoms with Gasteiger partial charge in [-0.2, -0.15) is 0 Å². The number of carbonyl (C=O) groups excluding carboxylic acids is 2. The highest BCUT2D eigenvalue weighted by atomic mass is 16.6. The highest BCUT2D eigenvalue weighted by Crippen LogP contribution is 2.09. The highest BCUT2D eigenvalue weighted by molar-refractivity contribution is 5.85. The van der Waals surface area contributed by atoms with Crippen molar-refractivity contribution in [1.29, 1.82) is 0 Å². The Morgan fingerprint density at radius 3 is 2.35 bits per heavy atom. The van der Waals surface area contributed by atoms with Crippen LogP contribution in [0.4, 0.5) is 0 Å². The fraction of sp³-hybridized carbons (Fsp3) is 0.846. The predicted molar refractivity (Wildman–Crippen MR) is 65.5 cm³/mol. The van der Waals surface area contributed by atoms with E-state index in [0.717, 1.165) is 19.3 Å². The molecule has 0 spiro atoms. The first-order valence-electron chi connectivity index (χ1n) is 6.37. The van der Waals surface area contributed by atoms with Crippen LogP contribution in [0.15, 0.2) is 0 Å². The first kappa shape index (κ1) is 16.1. The number of hydrogen-bond donors (Lipinski definition) is 0. The molecule has 0 aliphatic rings. The summed E-state index contributed by atoms with van der Waals surface area (Å²) in [6.07, 6.45) is 4.41. The molecule has 0 aromatic rings. The summed E-state index contributed by atoms with van der Waals surface area (Å²) in [5.74, 6) is -0.340. The maximum Gasteiger partial charge on any atom is 0.339 e. The number of esters is 2. The molecule has 0 aromatic heterocycles. The summed E-state index contributed by atoms with van der Waals surface area (Å²) in [6, 6.07) is 0. The molecule has 0 N–H and O–H groups in total. The van der Waals surface area contributed by atoms with E-state index in [1.807, 2.05) is 0 Å². The molecule has 0 rings (SSSR count). The minimum absolute atomic E-state index is 0.143. The van der Waals surface area contributed by atoms with E-state index < -0.39 is 11.9 Å². The number of unbranched alkanes of at least 4 members (excludes halogenated alkanes) is 2. The molecular weight excluding hydrogens is 220 g/mol. The van der Waals surface area contributed by atoms with Gasteiger partial charge in [0.15, 0.2) is 0 Å². The molecule has 0 fully saturated rings. The number of ether oxygens (including phenoxy) is 2. The molecule has 0 bridgehead atoms. The van der Waals surface area contributed by atoms with E-state index in [-0.39, 0.29) is 6.61 Å². The predicted octanol–water partition coefficient (Wildman–Crippen LogP) is 2.70. The van der Waals surface area contributed by atoms with Gasteiger partial charge < -0.3 is 9.47 Å². The Kier molecular flexibility index (Phi) is 9.72. The largest absolute Gasteiger partial charge is 0.391 e. The van der Waals surface area contributed by atoms with Crippen molar-refractivity contribution in [2.75, 3.05) is 13.2 Å². The van der Waals surface area contributed by atoms with Crippen molar-refractivity contribution in [1.82, 2.24) is 0 Å². The molecule has 0 atom stereocenters. The molecule has 4 nitrogen and oxygen atoms in total. The van der Waals surface area contributed by atoms with E-state index in [0.29, 0.717) is 18.9 Å². The normalized spacial score (nSPS) is 10.6. The Balaban J connectivity index is 3.43. The molecule has 0 aromatic carbocycles.